The second-order valence-electron chi connectivity index (χ2n) is 6.67. The van der Waals surface area contributed by atoms with Gasteiger partial charge in [0.25, 0.3) is 5.91 Å². The summed E-state index contributed by atoms with van der Waals surface area (Å²) in [6, 6.07) is 18.7. The molecule has 4 rings (SSSR count). The Morgan fingerprint density at radius 1 is 1.00 bits per heavy atom. The van der Waals surface area contributed by atoms with Crippen LogP contribution in [0.2, 0.25) is 0 Å². The Morgan fingerprint density at radius 3 is 2.41 bits per heavy atom. The van der Waals surface area contributed by atoms with E-state index in [1.54, 1.807) is 11.6 Å². The molecule has 4 aromatic rings. The van der Waals surface area contributed by atoms with Crippen LogP contribution in [0.1, 0.15) is 21.7 Å². The van der Waals surface area contributed by atoms with Crippen molar-refractivity contribution in [2.75, 3.05) is 17.7 Å². The average Bonchev–Trinajstić information content (AvgIpc) is 3.07. The number of carbonyl (C=O) groups is 1. The fraction of sp³-hybridized carbons (Fsp3) is 0.136. The van der Waals surface area contributed by atoms with E-state index in [1.165, 1.54) is 0 Å². The van der Waals surface area contributed by atoms with Crippen molar-refractivity contribution < 1.29 is 9.53 Å². The summed E-state index contributed by atoms with van der Waals surface area (Å²) < 4.78 is 6.88. The maximum absolute atomic E-state index is 13.2. The van der Waals surface area contributed by atoms with Crippen LogP contribution in [0.3, 0.4) is 0 Å². The third-order valence-corrected chi connectivity index (χ3v) is 4.51. The molecule has 2 aromatic heterocycles. The summed E-state index contributed by atoms with van der Waals surface area (Å²) in [5, 5.41) is 10.8. The number of carbonyl (C=O) groups excluding carboxylic acids is 1. The van der Waals surface area contributed by atoms with Gasteiger partial charge in [0.2, 0.25) is 0 Å². The largest absolute Gasteiger partial charge is 0.497 e. The van der Waals surface area contributed by atoms with Gasteiger partial charge in [-0.05, 0) is 56.3 Å². The van der Waals surface area contributed by atoms with Crippen LogP contribution in [0, 0.1) is 13.8 Å². The van der Waals surface area contributed by atoms with Crippen molar-refractivity contribution in [3.63, 3.8) is 0 Å². The van der Waals surface area contributed by atoms with Crippen LogP contribution in [0.15, 0.2) is 60.7 Å². The second kappa shape index (κ2) is 7.63. The highest BCUT2D eigenvalue weighted by molar-refractivity contribution is 6.12. The predicted molar refractivity (Wildman–Crippen MR) is 113 cm³/mol. The summed E-state index contributed by atoms with van der Waals surface area (Å²) in [4.78, 5) is 17.7. The van der Waals surface area contributed by atoms with Gasteiger partial charge in [0.1, 0.15) is 11.3 Å². The molecule has 0 fully saturated rings. The molecule has 7 heteroatoms. The van der Waals surface area contributed by atoms with E-state index in [0.717, 1.165) is 22.8 Å². The number of nitrogens with zero attached hydrogens (tertiary/aromatic N) is 3. The minimum absolute atomic E-state index is 0.278. The van der Waals surface area contributed by atoms with Crippen LogP contribution in [0.5, 0.6) is 5.75 Å². The number of hydrogen-bond acceptors (Lipinski definition) is 5. The zero-order valence-electron chi connectivity index (χ0n) is 16.4. The van der Waals surface area contributed by atoms with Crippen molar-refractivity contribution in [1.82, 2.24) is 14.6 Å². The third kappa shape index (κ3) is 3.75. The topological polar surface area (TPSA) is 80.6 Å². The van der Waals surface area contributed by atoms with Crippen LogP contribution < -0.4 is 15.4 Å². The molecule has 0 radical (unpaired) electrons. The number of rotatable bonds is 5. The second-order valence-corrected chi connectivity index (χ2v) is 6.67. The molecule has 0 aliphatic heterocycles. The SMILES string of the molecule is COc1ccc(Nc2nn3c(C)cc(C)nc3c2C(=O)Nc2ccccc2)cc1. The van der Waals surface area contributed by atoms with Crippen LogP contribution in [0.4, 0.5) is 17.2 Å². The average molecular weight is 387 g/mol. The van der Waals surface area contributed by atoms with E-state index >= 15 is 0 Å². The normalized spacial score (nSPS) is 10.7. The Balaban J connectivity index is 1.78. The van der Waals surface area contributed by atoms with Gasteiger partial charge < -0.3 is 15.4 Å². The van der Waals surface area contributed by atoms with Crippen LogP contribution in [-0.2, 0) is 0 Å². The molecule has 0 saturated carbocycles. The number of methoxy groups -OCH3 is 1. The van der Waals surface area contributed by atoms with Crippen molar-refractivity contribution in [3.8, 4) is 5.75 Å². The molecule has 0 atom stereocenters. The molecule has 2 heterocycles. The lowest BCUT2D eigenvalue weighted by Crippen LogP contribution is -2.14. The standard InChI is InChI=1S/C22H21N5O2/c1-14-13-15(2)27-21(23-14)19(22(28)25-16-7-5-4-6-8-16)20(26-27)24-17-9-11-18(29-3)12-10-17/h4-13H,1-3H3,(H,24,26)(H,25,28). The minimum Gasteiger partial charge on any atom is -0.497 e. The van der Waals surface area contributed by atoms with Crippen LogP contribution >= 0.6 is 0 Å². The van der Waals surface area contributed by atoms with Crippen molar-refractivity contribution in [2.24, 2.45) is 0 Å². The fourth-order valence-electron chi connectivity index (χ4n) is 3.14. The van der Waals surface area contributed by atoms with Gasteiger partial charge in [-0.1, -0.05) is 18.2 Å². The maximum atomic E-state index is 13.2. The summed E-state index contributed by atoms with van der Waals surface area (Å²) in [6.07, 6.45) is 0. The highest BCUT2D eigenvalue weighted by atomic mass is 16.5. The number of fused-ring (bicyclic) bond motifs is 1. The molecule has 0 saturated heterocycles. The van der Waals surface area contributed by atoms with Gasteiger partial charge in [0, 0.05) is 22.8 Å². The van der Waals surface area contributed by atoms with Gasteiger partial charge in [-0.25, -0.2) is 9.50 Å². The molecule has 0 bridgehead atoms. The highest BCUT2D eigenvalue weighted by Gasteiger charge is 2.23. The number of para-hydroxylation sites is 1. The number of amides is 1. The van der Waals surface area contributed by atoms with E-state index in [0.29, 0.717) is 22.7 Å². The van der Waals surface area contributed by atoms with Gasteiger partial charge in [-0.2, -0.15) is 0 Å². The molecule has 2 N–H and O–H groups in total. The molecule has 0 aliphatic rings. The van der Waals surface area contributed by atoms with Crippen molar-refractivity contribution >= 4 is 28.7 Å². The number of anilines is 3. The summed E-state index contributed by atoms with van der Waals surface area (Å²) in [5.74, 6) is 0.908. The van der Waals surface area contributed by atoms with Crippen LogP contribution in [-0.4, -0.2) is 27.6 Å². The summed E-state index contributed by atoms with van der Waals surface area (Å²) in [6.45, 7) is 3.83. The van der Waals surface area contributed by atoms with Gasteiger partial charge in [-0.15, -0.1) is 5.10 Å². The van der Waals surface area contributed by atoms with E-state index < -0.39 is 0 Å². The molecular formula is C22H21N5O2. The molecule has 7 nitrogen and oxygen atoms in total. The number of ether oxygens (including phenoxy) is 1. The summed E-state index contributed by atoms with van der Waals surface area (Å²) in [5.41, 5.74) is 4.10. The van der Waals surface area contributed by atoms with E-state index in [9.17, 15) is 4.79 Å². The predicted octanol–water partition coefficient (Wildman–Crippen LogP) is 4.35. The van der Waals surface area contributed by atoms with Crippen LogP contribution in [0.25, 0.3) is 5.65 Å². The number of aromatic nitrogens is 3. The maximum Gasteiger partial charge on any atom is 0.263 e. The van der Waals surface area contributed by atoms with Gasteiger partial charge >= 0.3 is 0 Å². The lowest BCUT2D eigenvalue weighted by Gasteiger charge is -2.08. The molecule has 0 spiro atoms. The third-order valence-electron chi connectivity index (χ3n) is 4.51. The van der Waals surface area contributed by atoms with Gasteiger partial charge in [-0.3, -0.25) is 4.79 Å². The number of hydrogen-bond donors (Lipinski definition) is 2. The van der Waals surface area contributed by atoms with Crippen molar-refractivity contribution in [3.05, 3.63) is 77.6 Å². The molecule has 1 amide bonds. The zero-order valence-corrected chi connectivity index (χ0v) is 16.4. The lowest BCUT2D eigenvalue weighted by molar-refractivity contribution is 0.102. The smallest absolute Gasteiger partial charge is 0.263 e. The fourth-order valence-corrected chi connectivity index (χ4v) is 3.14. The number of nitrogens with one attached hydrogen (secondary N) is 2. The molecule has 0 aliphatic carbocycles. The molecular weight excluding hydrogens is 366 g/mol. The summed E-state index contributed by atoms with van der Waals surface area (Å²) >= 11 is 0. The van der Waals surface area contributed by atoms with Gasteiger partial charge in [0.15, 0.2) is 11.5 Å². The molecule has 29 heavy (non-hydrogen) atoms. The Morgan fingerprint density at radius 2 is 1.72 bits per heavy atom. The first-order valence-electron chi connectivity index (χ1n) is 9.19. The number of aryl methyl sites for hydroxylation is 2. The first-order chi connectivity index (χ1) is 14.0. The molecule has 0 unspecified atom stereocenters. The quantitative estimate of drug-likeness (QED) is 0.532. The molecule has 146 valence electrons. The zero-order chi connectivity index (χ0) is 20.4. The van der Waals surface area contributed by atoms with E-state index in [4.69, 9.17) is 4.74 Å². The number of benzene rings is 2. The Bertz CT molecular complexity index is 1170. The summed E-state index contributed by atoms with van der Waals surface area (Å²) in [7, 11) is 1.62. The monoisotopic (exact) mass is 387 g/mol. The lowest BCUT2D eigenvalue weighted by atomic mass is 10.2. The van der Waals surface area contributed by atoms with E-state index in [1.807, 2.05) is 74.5 Å². The minimum atomic E-state index is -0.278. The van der Waals surface area contributed by atoms with Crippen molar-refractivity contribution in [2.45, 2.75) is 13.8 Å². The Labute approximate surface area is 168 Å². The van der Waals surface area contributed by atoms with E-state index in [2.05, 4.69) is 20.7 Å². The van der Waals surface area contributed by atoms with Gasteiger partial charge in [0.05, 0.1) is 7.11 Å². The molecule has 2 aromatic carbocycles. The van der Waals surface area contributed by atoms with E-state index in [-0.39, 0.29) is 5.91 Å². The Hall–Kier alpha value is -3.87. The van der Waals surface area contributed by atoms with Crippen molar-refractivity contribution in [1.29, 1.82) is 0 Å². The Kier molecular flexibility index (Phi) is 4.87. The first kappa shape index (κ1) is 18.5. The highest BCUT2D eigenvalue weighted by Crippen LogP contribution is 2.26. The first-order valence-corrected chi connectivity index (χ1v) is 9.19.